The summed E-state index contributed by atoms with van der Waals surface area (Å²) in [5, 5.41) is 14.3. The van der Waals surface area contributed by atoms with Crippen LogP contribution in [0, 0.1) is 0 Å². The number of nitrogens with two attached hydrogens (primary N) is 2. The number of nitrogens with zero attached hydrogens (tertiary/aromatic N) is 2. The Hall–Kier alpha value is -3.97. The molecule has 0 atom stereocenters. The van der Waals surface area contributed by atoms with E-state index in [-0.39, 0.29) is 19.5 Å². The molecule has 4 rings (SSSR count). The molecule has 0 aliphatic heterocycles. The first-order valence-corrected chi connectivity index (χ1v) is 13.9. The second-order valence-corrected chi connectivity index (χ2v) is 10.1. The molecular formula is C29H29ClF3N5O3S. The van der Waals surface area contributed by atoms with Gasteiger partial charge in [-0.3, -0.25) is 9.59 Å². The Labute approximate surface area is 249 Å². The minimum absolute atomic E-state index is 0.0115. The summed E-state index contributed by atoms with van der Waals surface area (Å²) in [5.41, 5.74) is 12.3. The van der Waals surface area contributed by atoms with Gasteiger partial charge in [0.05, 0.1) is 24.2 Å². The predicted octanol–water partition coefficient (Wildman–Crippen LogP) is 5.93. The first-order chi connectivity index (χ1) is 20.0. The van der Waals surface area contributed by atoms with Gasteiger partial charge >= 0.3 is 12.1 Å². The number of aliphatic carboxylic acids is 1. The van der Waals surface area contributed by atoms with Crippen LogP contribution in [0.2, 0.25) is 5.02 Å². The van der Waals surface area contributed by atoms with Crippen LogP contribution >= 0.6 is 22.9 Å². The van der Waals surface area contributed by atoms with E-state index < -0.39 is 23.6 Å². The molecule has 8 nitrogen and oxygen atoms in total. The summed E-state index contributed by atoms with van der Waals surface area (Å²) in [7, 11) is 0. The number of benzene rings is 3. The van der Waals surface area contributed by atoms with Gasteiger partial charge in [-0.05, 0) is 54.1 Å². The number of anilines is 2. The highest BCUT2D eigenvalue weighted by molar-refractivity contribution is 7.14. The summed E-state index contributed by atoms with van der Waals surface area (Å²) in [5.74, 6) is -1.41. The molecule has 0 bridgehead atoms. The van der Waals surface area contributed by atoms with Crippen LogP contribution in [0.3, 0.4) is 0 Å². The number of carbonyl (C=O) groups excluding carboxylic acids is 1. The fourth-order valence-corrected chi connectivity index (χ4v) is 4.55. The van der Waals surface area contributed by atoms with Gasteiger partial charge in [-0.2, -0.15) is 13.2 Å². The molecule has 222 valence electrons. The smallest absolute Gasteiger partial charge is 0.416 e. The highest BCUT2D eigenvalue weighted by Gasteiger charge is 2.30. The van der Waals surface area contributed by atoms with E-state index >= 15 is 0 Å². The van der Waals surface area contributed by atoms with Crippen LogP contribution in [-0.2, 0) is 17.5 Å². The topological polar surface area (TPSA) is 135 Å². The van der Waals surface area contributed by atoms with Crippen LogP contribution in [0.25, 0.3) is 11.3 Å². The quantitative estimate of drug-likeness (QED) is 0.173. The van der Waals surface area contributed by atoms with E-state index in [0.29, 0.717) is 40.2 Å². The molecule has 6 N–H and O–H groups in total. The van der Waals surface area contributed by atoms with Gasteiger partial charge in [0, 0.05) is 46.9 Å². The highest BCUT2D eigenvalue weighted by Crippen LogP contribution is 2.36. The van der Waals surface area contributed by atoms with Gasteiger partial charge in [0.1, 0.15) is 0 Å². The minimum atomic E-state index is -4.45. The van der Waals surface area contributed by atoms with Gasteiger partial charge in [-0.25, -0.2) is 4.98 Å². The molecule has 0 aliphatic rings. The van der Waals surface area contributed by atoms with Crippen molar-refractivity contribution in [3.63, 3.8) is 0 Å². The SMILES string of the molecule is NCCN.O=C(O)CCNC(=O)c1ccc(CN(c2ccc(C(F)(F)F)cc2)c2nc(-c3ccc(Cl)cc3)cs2)cc1. The van der Waals surface area contributed by atoms with E-state index in [1.165, 1.54) is 23.5 Å². The van der Waals surface area contributed by atoms with Crippen molar-refractivity contribution in [2.45, 2.75) is 19.1 Å². The zero-order valence-electron chi connectivity index (χ0n) is 22.3. The lowest BCUT2D eigenvalue weighted by molar-refractivity contribution is -0.138. The van der Waals surface area contributed by atoms with E-state index in [9.17, 15) is 22.8 Å². The molecule has 4 aromatic rings. The number of alkyl halides is 3. The monoisotopic (exact) mass is 619 g/mol. The fourth-order valence-electron chi connectivity index (χ4n) is 3.57. The summed E-state index contributed by atoms with van der Waals surface area (Å²) < 4.78 is 39.4. The van der Waals surface area contributed by atoms with Crippen molar-refractivity contribution in [2.75, 3.05) is 24.5 Å². The Balaban J connectivity index is 0.00000114. The molecule has 3 aromatic carbocycles. The Morgan fingerprint density at radius 3 is 2.12 bits per heavy atom. The maximum Gasteiger partial charge on any atom is 0.416 e. The number of amides is 1. The van der Waals surface area contributed by atoms with E-state index in [2.05, 4.69) is 5.32 Å². The van der Waals surface area contributed by atoms with Crippen molar-refractivity contribution < 1.29 is 27.9 Å². The number of nitrogens with one attached hydrogen (secondary N) is 1. The lowest BCUT2D eigenvalue weighted by Crippen LogP contribution is -2.26. The van der Waals surface area contributed by atoms with E-state index in [4.69, 9.17) is 33.2 Å². The zero-order valence-corrected chi connectivity index (χ0v) is 23.8. The van der Waals surface area contributed by atoms with E-state index in [1.54, 1.807) is 41.3 Å². The van der Waals surface area contributed by atoms with Crippen LogP contribution in [0.5, 0.6) is 0 Å². The lowest BCUT2D eigenvalue weighted by atomic mass is 10.1. The molecule has 0 saturated heterocycles. The summed E-state index contributed by atoms with van der Waals surface area (Å²) in [4.78, 5) is 29.4. The number of rotatable bonds is 10. The molecule has 13 heteroatoms. The van der Waals surface area contributed by atoms with Crippen molar-refractivity contribution in [3.8, 4) is 11.3 Å². The summed E-state index contributed by atoms with van der Waals surface area (Å²) in [6, 6.07) is 18.7. The molecule has 0 radical (unpaired) electrons. The minimum Gasteiger partial charge on any atom is -0.481 e. The first-order valence-electron chi connectivity index (χ1n) is 12.7. The number of hydrogen-bond donors (Lipinski definition) is 4. The Morgan fingerprint density at radius 1 is 0.952 bits per heavy atom. The van der Waals surface area contributed by atoms with Crippen LogP contribution in [-0.4, -0.2) is 41.6 Å². The molecule has 1 heterocycles. The zero-order chi connectivity index (χ0) is 30.7. The Bertz CT molecular complexity index is 1450. The van der Waals surface area contributed by atoms with Gasteiger partial charge in [-0.15, -0.1) is 11.3 Å². The third kappa shape index (κ3) is 9.55. The number of aromatic nitrogens is 1. The summed E-state index contributed by atoms with van der Waals surface area (Å²) in [6.45, 7) is 1.48. The number of thiazole rings is 1. The number of carbonyl (C=O) groups is 2. The first kappa shape index (κ1) is 32.5. The number of hydrogen-bond acceptors (Lipinski definition) is 7. The third-order valence-electron chi connectivity index (χ3n) is 5.72. The second-order valence-electron chi connectivity index (χ2n) is 8.83. The van der Waals surface area contributed by atoms with E-state index in [1.807, 2.05) is 17.5 Å². The van der Waals surface area contributed by atoms with Crippen LogP contribution < -0.4 is 21.7 Å². The maximum absolute atomic E-state index is 13.1. The van der Waals surface area contributed by atoms with Crippen LogP contribution in [0.4, 0.5) is 24.0 Å². The summed E-state index contributed by atoms with van der Waals surface area (Å²) >= 11 is 7.33. The molecule has 42 heavy (non-hydrogen) atoms. The molecule has 1 amide bonds. The molecule has 0 spiro atoms. The lowest BCUT2D eigenvalue weighted by Gasteiger charge is -2.23. The number of carboxylic acids is 1. The molecule has 0 fully saturated rings. The average molecular weight is 620 g/mol. The van der Waals surface area contributed by atoms with Crippen LogP contribution in [0.15, 0.2) is 78.2 Å². The molecule has 0 saturated carbocycles. The standard InChI is InChI=1S/C27H21ClF3N3O3S.C2H8N2/c28-21-9-5-18(6-10-21)23-16-38-26(33-23)34(22-11-7-20(8-12-22)27(29,30)31)15-17-1-3-19(4-2-17)25(37)32-14-13-24(35)36;3-1-2-4/h1-12,16H,13-15H2,(H,32,37)(H,35,36);1-4H2. The Morgan fingerprint density at radius 2 is 1.57 bits per heavy atom. The fraction of sp³-hybridized carbons (Fsp3) is 0.207. The third-order valence-corrected chi connectivity index (χ3v) is 6.83. The summed E-state index contributed by atoms with van der Waals surface area (Å²) in [6.07, 6.45) is -4.63. The van der Waals surface area contributed by atoms with E-state index in [0.717, 1.165) is 23.3 Å². The van der Waals surface area contributed by atoms with Crippen molar-refractivity contribution in [1.29, 1.82) is 0 Å². The molecule has 0 unspecified atom stereocenters. The Kier molecular flexibility index (Phi) is 11.9. The van der Waals surface area contributed by atoms with Crippen LogP contribution in [0.1, 0.15) is 27.9 Å². The molecular weight excluding hydrogens is 591 g/mol. The van der Waals surface area contributed by atoms with Crippen molar-refractivity contribution in [2.24, 2.45) is 11.5 Å². The highest BCUT2D eigenvalue weighted by atomic mass is 35.5. The number of carboxylic acid groups (broad SMARTS) is 1. The van der Waals surface area contributed by atoms with Gasteiger partial charge in [0.2, 0.25) is 0 Å². The second kappa shape index (κ2) is 15.3. The van der Waals surface area contributed by atoms with Crippen molar-refractivity contribution >= 4 is 45.6 Å². The normalized spacial score (nSPS) is 10.9. The molecule has 0 aliphatic carbocycles. The van der Waals surface area contributed by atoms with Gasteiger partial charge < -0.3 is 26.8 Å². The van der Waals surface area contributed by atoms with Gasteiger partial charge in [-0.1, -0.05) is 35.9 Å². The predicted molar refractivity (Wildman–Crippen MR) is 159 cm³/mol. The maximum atomic E-state index is 13.1. The number of halogens is 4. The van der Waals surface area contributed by atoms with Crippen molar-refractivity contribution in [3.05, 3.63) is 99.9 Å². The largest absolute Gasteiger partial charge is 0.481 e. The molecule has 1 aromatic heterocycles. The average Bonchev–Trinajstić information content (AvgIpc) is 3.46. The van der Waals surface area contributed by atoms with Gasteiger partial charge in [0.15, 0.2) is 5.13 Å². The van der Waals surface area contributed by atoms with Crippen molar-refractivity contribution in [1.82, 2.24) is 10.3 Å². The van der Waals surface area contributed by atoms with Gasteiger partial charge in [0.25, 0.3) is 5.91 Å².